The van der Waals surface area contributed by atoms with Crippen molar-refractivity contribution in [1.82, 2.24) is 25.5 Å². The molecule has 1 atom stereocenters. The van der Waals surface area contributed by atoms with Gasteiger partial charge in [-0.2, -0.15) is 13.2 Å². The summed E-state index contributed by atoms with van der Waals surface area (Å²) in [6.45, 7) is -0.741. The molecule has 0 aliphatic carbocycles. The van der Waals surface area contributed by atoms with Gasteiger partial charge in [-0.3, -0.25) is 4.79 Å². The Morgan fingerprint density at radius 2 is 2.22 bits per heavy atom. The van der Waals surface area contributed by atoms with E-state index in [1.807, 2.05) is 5.32 Å². The maximum Gasteiger partial charge on any atom is 0.405 e. The van der Waals surface area contributed by atoms with Crippen molar-refractivity contribution in [1.29, 1.82) is 0 Å². The van der Waals surface area contributed by atoms with Gasteiger partial charge in [-0.1, -0.05) is 6.42 Å². The van der Waals surface area contributed by atoms with Crippen LogP contribution in [0.4, 0.5) is 13.2 Å². The van der Waals surface area contributed by atoms with Crippen molar-refractivity contribution in [3.05, 3.63) is 5.82 Å². The van der Waals surface area contributed by atoms with E-state index in [0.29, 0.717) is 18.8 Å². The molecule has 18 heavy (non-hydrogen) atoms. The fourth-order valence-electron chi connectivity index (χ4n) is 1.92. The largest absolute Gasteiger partial charge is 0.405 e. The molecule has 9 heteroatoms. The quantitative estimate of drug-likeness (QED) is 0.849. The normalized spacial score (nSPS) is 20.1. The Labute approximate surface area is 101 Å². The molecule has 0 saturated carbocycles. The highest BCUT2D eigenvalue weighted by Crippen LogP contribution is 2.24. The molecule has 1 unspecified atom stereocenters. The van der Waals surface area contributed by atoms with Crippen LogP contribution < -0.4 is 5.32 Å². The van der Waals surface area contributed by atoms with Crippen molar-refractivity contribution in [2.45, 2.75) is 37.9 Å². The second kappa shape index (κ2) is 4.91. The Hall–Kier alpha value is -1.67. The second-order valence-corrected chi connectivity index (χ2v) is 4.14. The van der Waals surface area contributed by atoms with E-state index in [1.54, 1.807) is 0 Å². The molecular formula is C9H12F3N5O. The lowest BCUT2D eigenvalue weighted by molar-refractivity contribution is -0.139. The predicted octanol–water partition coefficient (Wildman–Crippen LogP) is 0.619. The number of hydrogen-bond donors (Lipinski definition) is 1. The highest BCUT2D eigenvalue weighted by molar-refractivity contribution is 5.82. The van der Waals surface area contributed by atoms with E-state index >= 15 is 0 Å². The topological polar surface area (TPSA) is 72.7 Å². The van der Waals surface area contributed by atoms with Crippen molar-refractivity contribution in [2.24, 2.45) is 0 Å². The third-order valence-corrected chi connectivity index (χ3v) is 2.76. The zero-order valence-corrected chi connectivity index (χ0v) is 9.44. The van der Waals surface area contributed by atoms with Gasteiger partial charge in [-0.15, -0.1) is 5.10 Å². The number of aromatic nitrogens is 4. The molecule has 0 radical (unpaired) electrons. The van der Waals surface area contributed by atoms with E-state index in [4.69, 9.17) is 0 Å². The van der Waals surface area contributed by atoms with Crippen LogP contribution in [0, 0.1) is 0 Å². The van der Waals surface area contributed by atoms with Gasteiger partial charge in [0.15, 0.2) is 5.82 Å². The van der Waals surface area contributed by atoms with Gasteiger partial charge < -0.3 is 5.32 Å². The molecule has 1 amide bonds. The molecule has 1 aromatic rings. The summed E-state index contributed by atoms with van der Waals surface area (Å²) in [5, 5.41) is 12.8. The summed E-state index contributed by atoms with van der Waals surface area (Å²) >= 11 is 0. The van der Waals surface area contributed by atoms with Gasteiger partial charge in [0.25, 0.3) is 0 Å². The summed E-state index contributed by atoms with van der Waals surface area (Å²) in [7, 11) is 0. The second-order valence-electron chi connectivity index (χ2n) is 4.14. The minimum absolute atomic E-state index is 0.340. The first-order valence-corrected chi connectivity index (χ1v) is 5.58. The number of hydrogen-bond acceptors (Lipinski definition) is 4. The fraction of sp³-hybridized carbons (Fsp3) is 0.778. The molecule has 6 nitrogen and oxygen atoms in total. The van der Waals surface area contributed by atoms with Crippen LogP contribution in [-0.4, -0.2) is 38.8 Å². The maximum atomic E-state index is 12.0. The van der Waals surface area contributed by atoms with E-state index in [1.165, 1.54) is 4.68 Å². The van der Waals surface area contributed by atoms with E-state index in [2.05, 4.69) is 15.5 Å². The van der Waals surface area contributed by atoms with Crippen LogP contribution in [0.3, 0.4) is 0 Å². The molecule has 0 saturated heterocycles. The number of carbonyl (C=O) groups is 1. The van der Waals surface area contributed by atoms with Gasteiger partial charge in [0.1, 0.15) is 6.54 Å². The molecule has 0 aromatic carbocycles. The molecule has 0 fully saturated rings. The third kappa shape index (κ3) is 2.96. The SMILES string of the molecule is O=C(NCC(F)(F)F)C1CCCCn2nnnc21. The molecule has 2 rings (SSSR count). The van der Waals surface area contributed by atoms with Gasteiger partial charge in [0, 0.05) is 6.54 Å². The van der Waals surface area contributed by atoms with Crippen LogP contribution in [0.1, 0.15) is 31.0 Å². The number of rotatable bonds is 2. The Morgan fingerprint density at radius 1 is 1.44 bits per heavy atom. The average molecular weight is 263 g/mol. The summed E-state index contributed by atoms with van der Waals surface area (Å²) in [6, 6.07) is 0. The first-order valence-electron chi connectivity index (χ1n) is 5.58. The molecule has 1 N–H and O–H groups in total. The van der Waals surface area contributed by atoms with Crippen LogP contribution in [-0.2, 0) is 11.3 Å². The molecule has 1 aromatic heterocycles. The van der Waals surface area contributed by atoms with Crippen molar-refractivity contribution in [2.75, 3.05) is 6.54 Å². The number of halogens is 3. The van der Waals surface area contributed by atoms with Crippen molar-refractivity contribution in [3.63, 3.8) is 0 Å². The highest BCUT2D eigenvalue weighted by atomic mass is 19.4. The zero-order valence-electron chi connectivity index (χ0n) is 9.44. The minimum Gasteiger partial charge on any atom is -0.346 e. The van der Waals surface area contributed by atoms with Crippen LogP contribution in [0.15, 0.2) is 0 Å². The highest BCUT2D eigenvalue weighted by Gasteiger charge is 2.32. The van der Waals surface area contributed by atoms with E-state index in [0.717, 1.165) is 12.8 Å². The average Bonchev–Trinajstić information content (AvgIpc) is 2.65. The lowest BCUT2D eigenvalue weighted by atomic mass is 10.0. The van der Waals surface area contributed by atoms with Gasteiger partial charge >= 0.3 is 6.18 Å². The number of amides is 1. The first kappa shape index (κ1) is 12.8. The molecule has 1 aliphatic heterocycles. The van der Waals surface area contributed by atoms with Crippen LogP contribution >= 0.6 is 0 Å². The molecule has 2 heterocycles. The van der Waals surface area contributed by atoms with Gasteiger partial charge in [0.2, 0.25) is 5.91 Å². The first-order chi connectivity index (χ1) is 8.47. The summed E-state index contributed by atoms with van der Waals surface area (Å²) in [4.78, 5) is 11.7. The molecule has 100 valence electrons. The van der Waals surface area contributed by atoms with E-state index < -0.39 is 24.5 Å². The van der Waals surface area contributed by atoms with Gasteiger partial charge in [0.05, 0.1) is 5.92 Å². The lowest BCUT2D eigenvalue weighted by Crippen LogP contribution is -2.37. The Kier molecular flexibility index (Phi) is 3.48. The molecule has 1 aliphatic rings. The summed E-state index contributed by atoms with van der Waals surface area (Å²) < 4.78 is 37.6. The number of tetrazole rings is 1. The lowest BCUT2D eigenvalue weighted by Gasteiger charge is -2.14. The van der Waals surface area contributed by atoms with Gasteiger partial charge in [-0.25, -0.2) is 4.68 Å². The fourth-order valence-corrected chi connectivity index (χ4v) is 1.92. The number of alkyl halides is 3. The monoisotopic (exact) mass is 263 g/mol. The van der Waals surface area contributed by atoms with Crippen LogP contribution in [0.5, 0.6) is 0 Å². The predicted molar refractivity (Wildman–Crippen MR) is 53.5 cm³/mol. The van der Waals surface area contributed by atoms with Crippen molar-refractivity contribution in [3.8, 4) is 0 Å². The van der Waals surface area contributed by atoms with E-state index in [9.17, 15) is 18.0 Å². The summed E-state index contributed by atoms with van der Waals surface area (Å²) in [6.07, 6.45) is -2.40. The standard InChI is InChI=1S/C9H12F3N5O/c10-9(11,12)5-13-8(18)6-3-1-2-4-17-7(6)14-15-16-17/h6H,1-5H2,(H,13,18). The number of nitrogens with one attached hydrogen (secondary N) is 1. The number of carbonyl (C=O) groups excluding carboxylic acids is 1. The number of aryl methyl sites for hydroxylation is 1. The number of nitrogens with zero attached hydrogens (tertiary/aromatic N) is 4. The smallest absolute Gasteiger partial charge is 0.346 e. The Balaban J connectivity index is 2.06. The molecule has 0 spiro atoms. The molecule has 0 bridgehead atoms. The van der Waals surface area contributed by atoms with Gasteiger partial charge in [-0.05, 0) is 23.3 Å². The minimum atomic E-state index is -4.41. The van der Waals surface area contributed by atoms with Crippen LogP contribution in [0.2, 0.25) is 0 Å². The zero-order chi connectivity index (χ0) is 13.2. The Bertz CT molecular complexity index is 430. The molecular weight excluding hydrogens is 251 g/mol. The maximum absolute atomic E-state index is 12.0. The van der Waals surface area contributed by atoms with Crippen LogP contribution in [0.25, 0.3) is 0 Å². The summed E-state index contributed by atoms with van der Waals surface area (Å²) in [5.74, 6) is -1.04. The third-order valence-electron chi connectivity index (χ3n) is 2.76. The van der Waals surface area contributed by atoms with E-state index in [-0.39, 0.29) is 0 Å². The summed E-state index contributed by atoms with van der Waals surface area (Å²) in [5.41, 5.74) is 0. The van der Waals surface area contributed by atoms with Crippen molar-refractivity contribution < 1.29 is 18.0 Å². The number of fused-ring (bicyclic) bond motifs is 1. The Morgan fingerprint density at radius 3 is 2.94 bits per heavy atom. The van der Waals surface area contributed by atoms with Crippen molar-refractivity contribution >= 4 is 5.91 Å².